The van der Waals surface area contributed by atoms with E-state index in [-0.39, 0.29) is 25.4 Å². The quantitative estimate of drug-likeness (QED) is 0.792. The Morgan fingerprint density at radius 3 is 2.87 bits per heavy atom. The van der Waals surface area contributed by atoms with E-state index in [9.17, 15) is 9.59 Å². The molecule has 0 radical (unpaired) electrons. The summed E-state index contributed by atoms with van der Waals surface area (Å²) in [5.74, 6) is -0.754. The first kappa shape index (κ1) is 17.6. The summed E-state index contributed by atoms with van der Waals surface area (Å²) < 4.78 is 10.8. The summed E-state index contributed by atoms with van der Waals surface area (Å²) in [4.78, 5) is 23.4. The van der Waals surface area contributed by atoms with Crippen molar-refractivity contribution in [1.29, 1.82) is 0 Å². The molecule has 6 nitrogen and oxygen atoms in total. The second-order valence-corrected chi connectivity index (χ2v) is 5.95. The van der Waals surface area contributed by atoms with E-state index in [1.165, 1.54) is 0 Å². The lowest BCUT2D eigenvalue weighted by molar-refractivity contribution is -0.139. The molecule has 2 N–H and O–H groups in total. The largest absolute Gasteiger partial charge is 0.492 e. The Hall–Kier alpha value is -1.79. The van der Waals surface area contributed by atoms with Gasteiger partial charge in [-0.15, -0.1) is 0 Å². The van der Waals surface area contributed by atoms with Gasteiger partial charge < -0.3 is 19.9 Å². The Labute approximate surface area is 139 Å². The predicted octanol–water partition coefficient (Wildman–Crippen LogP) is 2.03. The molecular weight excluding hydrogens is 322 g/mol. The molecule has 0 spiro atoms. The Morgan fingerprint density at radius 2 is 2.26 bits per heavy atom. The summed E-state index contributed by atoms with van der Waals surface area (Å²) in [5.41, 5.74) is -0.172. The Bertz CT molecular complexity index is 584. The zero-order valence-electron chi connectivity index (χ0n) is 12.9. The van der Waals surface area contributed by atoms with Crippen LogP contribution in [0.4, 0.5) is 0 Å². The minimum Gasteiger partial charge on any atom is -0.492 e. The summed E-state index contributed by atoms with van der Waals surface area (Å²) in [6.45, 7) is 2.92. The van der Waals surface area contributed by atoms with Gasteiger partial charge in [0.1, 0.15) is 5.75 Å². The van der Waals surface area contributed by atoms with Crippen LogP contribution in [0.3, 0.4) is 0 Å². The third kappa shape index (κ3) is 4.59. The summed E-state index contributed by atoms with van der Waals surface area (Å²) in [7, 11) is 0. The zero-order chi connectivity index (χ0) is 16.9. The topological polar surface area (TPSA) is 84.9 Å². The van der Waals surface area contributed by atoms with E-state index in [4.69, 9.17) is 26.2 Å². The molecule has 1 heterocycles. The lowest BCUT2D eigenvalue weighted by Crippen LogP contribution is -2.51. The molecule has 126 valence electrons. The third-order valence-corrected chi connectivity index (χ3v) is 3.98. The third-order valence-electron chi connectivity index (χ3n) is 3.69. The van der Waals surface area contributed by atoms with Gasteiger partial charge in [0.15, 0.2) is 0 Å². The van der Waals surface area contributed by atoms with E-state index in [1.54, 1.807) is 18.2 Å². The molecule has 1 aliphatic heterocycles. The average molecular weight is 342 g/mol. The molecule has 1 saturated heterocycles. The van der Waals surface area contributed by atoms with Crippen LogP contribution < -0.4 is 10.1 Å². The first-order valence-electron chi connectivity index (χ1n) is 7.46. The predicted molar refractivity (Wildman–Crippen MR) is 84.9 cm³/mol. The first-order valence-corrected chi connectivity index (χ1v) is 7.84. The number of carbonyl (C=O) groups is 2. The van der Waals surface area contributed by atoms with E-state index in [0.717, 1.165) is 0 Å². The highest BCUT2D eigenvalue weighted by Gasteiger charge is 2.38. The second kappa shape index (κ2) is 7.66. The fourth-order valence-electron chi connectivity index (χ4n) is 2.69. The van der Waals surface area contributed by atoms with Gasteiger partial charge >= 0.3 is 5.97 Å². The normalized spacial score (nSPS) is 20.3. The molecule has 0 aliphatic carbocycles. The molecule has 0 saturated carbocycles. The minimum atomic E-state index is -0.964. The first-order chi connectivity index (χ1) is 11.0. The number of benzene rings is 1. The Balaban J connectivity index is 2.10. The van der Waals surface area contributed by atoms with E-state index in [2.05, 4.69) is 5.32 Å². The second-order valence-electron chi connectivity index (χ2n) is 5.54. The van der Waals surface area contributed by atoms with Crippen molar-refractivity contribution in [2.45, 2.75) is 31.7 Å². The number of aliphatic carboxylic acids is 1. The molecule has 1 aromatic carbocycles. The summed E-state index contributed by atoms with van der Waals surface area (Å²) >= 11 is 6.10. The van der Waals surface area contributed by atoms with Crippen LogP contribution in [0.25, 0.3) is 0 Å². The SMILES string of the molecule is CCOc1c(Cl)cccc1CC(=O)NC1(CC(=O)O)CCOC1. The van der Waals surface area contributed by atoms with Gasteiger partial charge in [-0.2, -0.15) is 0 Å². The van der Waals surface area contributed by atoms with Gasteiger partial charge in [-0.25, -0.2) is 0 Å². The monoisotopic (exact) mass is 341 g/mol. The number of carbonyl (C=O) groups excluding carboxylic acids is 1. The van der Waals surface area contributed by atoms with Crippen LogP contribution in [0.15, 0.2) is 18.2 Å². The van der Waals surface area contributed by atoms with Crippen molar-refractivity contribution >= 4 is 23.5 Å². The lowest BCUT2D eigenvalue weighted by Gasteiger charge is -2.27. The number of ether oxygens (including phenoxy) is 2. The number of halogens is 1. The molecule has 2 rings (SSSR count). The van der Waals surface area contributed by atoms with Crippen molar-refractivity contribution in [1.82, 2.24) is 5.32 Å². The van der Waals surface area contributed by atoms with Gasteiger partial charge in [0.25, 0.3) is 0 Å². The van der Waals surface area contributed by atoms with Gasteiger partial charge in [-0.05, 0) is 19.4 Å². The average Bonchev–Trinajstić information content (AvgIpc) is 2.89. The maximum Gasteiger partial charge on any atom is 0.305 e. The van der Waals surface area contributed by atoms with E-state index in [0.29, 0.717) is 36.0 Å². The highest BCUT2D eigenvalue weighted by molar-refractivity contribution is 6.32. The van der Waals surface area contributed by atoms with Gasteiger partial charge in [-0.1, -0.05) is 23.7 Å². The number of carboxylic acids is 1. The molecule has 1 amide bonds. The number of amides is 1. The van der Waals surface area contributed by atoms with Crippen LogP contribution in [0.2, 0.25) is 5.02 Å². The Morgan fingerprint density at radius 1 is 1.48 bits per heavy atom. The molecule has 1 aliphatic rings. The number of rotatable bonds is 7. The molecule has 7 heteroatoms. The number of carboxylic acid groups (broad SMARTS) is 1. The van der Waals surface area contributed by atoms with E-state index in [1.807, 2.05) is 6.92 Å². The fourth-order valence-corrected chi connectivity index (χ4v) is 2.94. The molecule has 0 bridgehead atoms. The van der Waals surface area contributed by atoms with Gasteiger partial charge in [0.2, 0.25) is 5.91 Å². The van der Waals surface area contributed by atoms with Crippen molar-refractivity contribution in [2.24, 2.45) is 0 Å². The number of para-hydroxylation sites is 1. The number of nitrogens with one attached hydrogen (secondary N) is 1. The lowest BCUT2D eigenvalue weighted by atomic mass is 9.93. The van der Waals surface area contributed by atoms with Crippen LogP contribution in [-0.4, -0.2) is 42.3 Å². The molecule has 23 heavy (non-hydrogen) atoms. The summed E-state index contributed by atoms with van der Waals surface area (Å²) in [6.07, 6.45) is 0.392. The van der Waals surface area contributed by atoms with Gasteiger partial charge in [0.05, 0.1) is 36.6 Å². The molecule has 0 aromatic heterocycles. The smallest absolute Gasteiger partial charge is 0.305 e. The van der Waals surface area contributed by atoms with Crippen LogP contribution in [0, 0.1) is 0 Å². The fraction of sp³-hybridized carbons (Fsp3) is 0.500. The van der Waals surface area contributed by atoms with E-state index < -0.39 is 11.5 Å². The summed E-state index contributed by atoms with van der Waals surface area (Å²) in [5, 5.41) is 12.3. The van der Waals surface area contributed by atoms with Crippen LogP contribution in [-0.2, 0) is 20.7 Å². The molecular formula is C16H20ClNO5. The highest BCUT2D eigenvalue weighted by atomic mass is 35.5. The van der Waals surface area contributed by atoms with Crippen molar-refractivity contribution in [3.8, 4) is 5.75 Å². The number of hydrogen-bond donors (Lipinski definition) is 2. The van der Waals surface area contributed by atoms with E-state index >= 15 is 0 Å². The Kier molecular flexibility index (Phi) is 5.85. The van der Waals surface area contributed by atoms with Gasteiger partial charge in [-0.3, -0.25) is 9.59 Å². The van der Waals surface area contributed by atoms with Gasteiger partial charge in [0, 0.05) is 12.2 Å². The van der Waals surface area contributed by atoms with Crippen molar-refractivity contribution in [2.75, 3.05) is 19.8 Å². The molecule has 1 fully saturated rings. The van der Waals surface area contributed by atoms with Crippen molar-refractivity contribution in [3.63, 3.8) is 0 Å². The number of hydrogen-bond acceptors (Lipinski definition) is 4. The van der Waals surface area contributed by atoms with Crippen LogP contribution >= 0.6 is 11.6 Å². The van der Waals surface area contributed by atoms with Crippen LogP contribution in [0.1, 0.15) is 25.3 Å². The highest BCUT2D eigenvalue weighted by Crippen LogP contribution is 2.29. The molecule has 1 unspecified atom stereocenters. The standard InChI is InChI=1S/C16H20ClNO5/c1-2-23-15-11(4-3-5-12(15)17)8-13(19)18-16(9-14(20)21)6-7-22-10-16/h3-5H,2,6-10H2,1H3,(H,18,19)(H,20,21). The maximum absolute atomic E-state index is 12.4. The maximum atomic E-state index is 12.4. The molecule has 1 atom stereocenters. The van der Waals surface area contributed by atoms with Crippen LogP contribution in [0.5, 0.6) is 5.75 Å². The summed E-state index contributed by atoms with van der Waals surface area (Å²) in [6, 6.07) is 5.22. The van der Waals surface area contributed by atoms with Crippen molar-refractivity contribution in [3.05, 3.63) is 28.8 Å². The van der Waals surface area contributed by atoms with Crippen molar-refractivity contribution < 1.29 is 24.2 Å². The minimum absolute atomic E-state index is 0.0667. The zero-order valence-corrected chi connectivity index (χ0v) is 13.7. The molecule has 1 aromatic rings.